The zero-order valence-electron chi connectivity index (χ0n) is 16.2. The van der Waals surface area contributed by atoms with Crippen LogP contribution in [0, 0.1) is 13.8 Å². The minimum atomic E-state index is -5.87. The number of amides is 1. The van der Waals surface area contributed by atoms with E-state index in [0.717, 1.165) is 0 Å². The molecule has 0 heterocycles. The Morgan fingerprint density at radius 1 is 1.00 bits per heavy atom. The van der Waals surface area contributed by atoms with Crippen LogP contribution in [-0.4, -0.2) is 17.4 Å². The summed E-state index contributed by atoms with van der Waals surface area (Å²) in [5.74, 6) is -5.58. The number of nitrogen functional groups attached to an aromatic ring is 1. The monoisotopic (exact) mass is 421 g/mol. The molecular formula is C19H21F6N3O. The third-order valence-corrected chi connectivity index (χ3v) is 3.91. The number of aryl methyl sites for hydroxylation is 2. The van der Waals surface area contributed by atoms with E-state index in [1.54, 1.807) is 6.07 Å². The van der Waals surface area contributed by atoms with Gasteiger partial charge < -0.3 is 11.1 Å². The van der Waals surface area contributed by atoms with E-state index in [0.29, 0.717) is 17.8 Å². The van der Waals surface area contributed by atoms with Crippen LogP contribution in [0.3, 0.4) is 0 Å². The zero-order valence-corrected chi connectivity index (χ0v) is 16.2. The van der Waals surface area contributed by atoms with Crippen molar-refractivity contribution < 1.29 is 31.3 Å². The standard InChI is InChI=1S/C17H15F6N3O.C2H6/c1-9-6-12(16(18,26(22)23)17(19,20)21)7-10(2)14(9)25-15(27)11-4-3-5-13(24)8-11;1-2/h3-8H,24H2,1-2H3,(H,25,27);1-2H3. The fraction of sp³-hybridized carbons (Fsp3) is 0.316. The molecular weight excluding hydrogens is 400 g/mol. The van der Waals surface area contributed by atoms with Gasteiger partial charge >= 0.3 is 12.0 Å². The zero-order chi connectivity index (χ0) is 22.6. The van der Waals surface area contributed by atoms with Crippen LogP contribution in [0.1, 0.15) is 40.9 Å². The summed E-state index contributed by atoms with van der Waals surface area (Å²) < 4.78 is 78.4. The van der Waals surface area contributed by atoms with E-state index in [-0.39, 0.29) is 22.4 Å². The van der Waals surface area contributed by atoms with E-state index in [2.05, 4.69) is 5.32 Å². The van der Waals surface area contributed by atoms with Gasteiger partial charge in [0.2, 0.25) is 0 Å². The molecule has 4 nitrogen and oxygen atoms in total. The molecule has 1 atom stereocenters. The maximum absolute atomic E-state index is 14.2. The van der Waals surface area contributed by atoms with Crippen LogP contribution in [0.5, 0.6) is 0 Å². The molecule has 0 saturated heterocycles. The average Bonchev–Trinajstić information content (AvgIpc) is 2.64. The molecule has 1 unspecified atom stereocenters. The van der Waals surface area contributed by atoms with E-state index in [1.807, 2.05) is 13.8 Å². The lowest BCUT2D eigenvalue weighted by Gasteiger charge is -2.28. The maximum atomic E-state index is 14.2. The second kappa shape index (κ2) is 9.17. The first-order valence-electron chi connectivity index (χ1n) is 8.54. The number of carbonyl (C=O) groups excluding carboxylic acids is 1. The highest BCUT2D eigenvalue weighted by molar-refractivity contribution is 6.05. The Labute approximate surface area is 164 Å². The summed E-state index contributed by atoms with van der Waals surface area (Å²) >= 11 is 0. The molecule has 1 amide bonds. The van der Waals surface area contributed by atoms with Gasteiger partial charge in [-0.1, -0.05) is 28.9 Å². The molecule has 0 radical (unpaired) electrons. The Morgan fingerprint density at radius 2 is 1.52 bits per heavy atom. The molecule has 2 aromatic rings. The summed E-state index contributed by atoms with van der Waals surface area (Å²) in [5.41, 5.74) is 4.85. The molecule has 0 spiro atoms. The van der Waals surface area contributed by atoms with Crippen LogP contribution in [0.25, 0.3) is 0 Å². The maximum Gasteiger partial charge on any atom is 0.446 e. The minimum absolute atomic E-state index is 0.0182. The normalized spacial score (nSPS) is 13.3. The van der Waals surface area contributed by atoms with Crippen LogP contribution in [0.15, 0.2) is 36.4 Å². The predicted octanol–water partition coefficient (Wildman–Crippen LogP) is 5.92. The smallest absolute Gasteiger partial charge is 0.399 e. The van der Waals surface area contributed by atoms with Crippen molar-refractivity contribution >= 4 is 17.3 Å². The Hall–Kier alpha value is -2.75. The molecule has 0 fully saturated rings. The van der Waals surface area contributed by atoms with Crippen LogP contribution < -0.4 is 11.1 Å². The number of halogens is 6. The lowest BCUT2D eigenvalue weighted by Crippen LogP contribution is -2.46. The number of rotatable bonds is 4. The molecule has 2 rings (SSSR count). The van der Waals surface area contributed by atoms with E-state index >= 15 is 0 Å². The highest BCUT2D eigenvalue weighted by Gasteiger charge is 2.64. The van der Waals surface area contributed by atoms with Gasteiger partial charge in [-0.3, -0.25) is 4.79 Å². The molecule has 29 heavy (non-hydrogen) atoms. The Kier molecular flexibility index (Phi) is 7.68. The van der Waals surface area contributed by atoms with Crippen molar-refractivity contribution in [3.63, 3.8) is 0 Å². The van der Waals surface area contributed by atoms with Gasteiger partial charge in [0, 0.05) is 22.5 Å². The van der Waals surface area contributed by atoms with E-state index in [1.165, 1.54) is 32.0 Å². The van der Waals surface area contributed by atoms with Gasteiger partial charge in [0.1, 0.15) is 0 Å². The van der Waals surface area contributed by atoms with Crippen LogP contribution in [-0.2, 0) is 5.79 Å². The largest absolute Gasteiger partial charge is 0.446 e. The first kappa shape index (κ1) is 24.3. The van der Waals surface area contributed by atoms with Gasteiger partial charge in [0.05, 0.1) is 5.34 Å². The van der Waals surface area contributed by atoms with Crippen LogP contribution in [0.2, 0.25) is 0 Å². The lowest BCUT2D eigenvalue weighted by atomic mass is 9.97. The number of carbonyl (C=O) groups is 1. The SMILES string of the molecule is CC.Cc1cc(C(F)(N(F)F)C(F)(F)F)cc(C)c1NC(=O)c1cccc(N)c1. The Morgan fingerprint density at radius 3 is 1.93 bits per heavy atom. The molecule has 3 N–H and O–H groups in total. The topological polar surface area (TPSA) is 58.4 Å². The van der Waals surface area contributed by atoms with Gasteiger partial charge in [0.25, 0.3) is 5.91 Å². The van der Waals surface area contributed by atoms with Crippen LogP contribution >= 0.6 is 0 Å². The molecule has 0 bridgehead atoms. The molecule has 0 aliphatic heterocycles. The molecule has 2 aromatic carbocycles. The summed E-state index contributed by atoms with van der Waals surface area (Å²) in [6, 6.07) is 7.16. The minimum Gasteiger partial charge on any atom is -0.399 e. The fourth-order valence-corrected chi connectivity index (χ4v) is 2.57. The van der Waals surface area contributed by atoms with Crippen molar-refractivity contribution in [1.29, 1.82) is 0 Å². The number of nitrogens with one attached hydrogen (secondary N) is 1. The first-order chi connectivity index (χ1) is 13.4. The number of anilines is 2. The highest BCUT2D eigenvalue weighted by Crippen LogP contribution is 2.47. The number of nitrogens with zero attached hydrogens (tertiary/aromatic N) is 1. The van der Waals surface area contributed by atoms with Crippen molar-refractivity contribution in [2.24, 2.45) is 0 Å². The van der Waals surface area contributed by atoms with Gasteiger partial charge in [-0.2, -0.15) is 13.2 Å². The highest BCUT2D eigenvalue weighted by atomic mass is 19.4. The third kappa shape index (κ3) is 5.00. The summed E-state index contributed by atoms with van der Waals surface area (Å²) in [6.07, 6.45) is -5.87. The Balaban J connectivity index is 0.00000204. The lowest BCUT2D eigenvalue weighted by molar-refractivity contribution is -0.388. The van der Waals surface area contributed by atoms with Crippen molar-refractivity contribution in [2.45, 2.75) is 39.7 Å². The molecule has 0 aromatic heterocycles. The van der Waals surface area contributed by atoms with E-state index in [4.69, 9.17) is 5.73 Å². The van der Waals surface area contributed by atoms with Crippen molar-refractivity contribution in [2.75, 3.05) is 11.1 Å². The van der Waals surface area contributed by atoms with Gasteiger partial charge in [-0.15, -0.1) is 0 Å². The molecule has 160 valence electrons. The summed E-state index contributed by atoms with van der Waals surface area (Å²) in [7, 11) is 0. The number of nitrogens with two attached hydrogens (primary N) is 1. The number of benzene rings is 2. The van der Waals surface area contributed by atoms with Gasteiger partial charge in [-0.25, -0.2) is 4.39 Å². The quantitative estimate of drug-likeness (QED) is 0.279. The predicted molar refractivity (Wildman–Crippen MR) is 99.0 cm³/mol. The van der Waals surface area contributed by atoms with Crippen molar-refractivity contribution in [3.8, 4) is 0 Å². The second-order valence-electron chi connectivity index (χ2n) is 5.92. The summed E-state index contributed by atoms with van der Waals surface area (Å²) in [6.45, 7) is 6.53. The fourth-order valence-electron chi connectivity index (χ4n) is 2.57. The number of hydrogen-bond donors (Lipinski definition) is 2. The molecule has 0 aliphatic carbocycles. The second-order valence-corrected chi connectivity index (χ2v) is 5.92. The van der Waals surface area contributed by atoms with Gasteiger partial charge in [-0.05, 0) is 55.3 Å². The van der Waals surface area contributed by atoms with Crippen molar-refractivity contribution in [1.82, 2.24) is 5.34 Å². The van der Waals surface area contributed by atoms with Crippen LogP contribution in [0.4, 0.5) is 37.9 Å². The van der Waals surface area contributed by atoms with Gasteiger partial charge in [0.15, 0.2) is 0 Å². The number of hydrogen-bond acceptors (Lipinski definition) is 3. The summed E-state index contributed by atoms with van der Waals surface area (Å²) in [5, 5.41) is -0.0523. The third-order valence-electron chi connectivity index (χ3n) is 3.91. The first-order valence-corrected chi connectivity index (χ1v) is 8.54. The van der Waals surface area contributed by atoms with E-state index < -0.39 is 28.8 Å². The molecule has 10 heteroatoms. The average molecular weight is 421 g/mol. The van der Waals surface area contributed by atoms with Crippen molar-refractivity contribution in [3.05, 3.63) is 58.7 Å². The molecule has 0 saturated carbocycles. The molecule has 0 aliphatic rings. The van der Waals surface area contributed by atoms with E-state index in [9.17, 15) is 31.3 Å². The number of alkyl halides is 4. The Bertz CT molecular complexity index is 846. The summed E-state index contributed by atoms with van der Waals surface area (Å²) in [4.78, 5) is 12.3.